The number of hydrogen-bond acceptors (Lipinski definition) is 3. The van der Waals surface area contributed by atoms with Crippen LogP contribution >= 0.6 is 0 Å². The fourth-order valence-electron chi connectivity index (χ4n) is 1.49. The number of benzene rings is 1. The van der Waals surface area contributed by atoms with Crippen molar-refractivity contribution in [3.05, 3.63) is 29.8 Å². The van der Waals surface area contributed by atoms with Crippen molar-refractivity contribution in [1.29, 1.82) is 0 Å². The zero-order valence-corrected chi connectivity index (χ0v) is 11.3. The summed E-state index contributed by atoms with van der Waals surface area (Å²) in [6.07, 6.45) is 0.238. The van der Waals surface area contributed by atoms with Crippen LogP contribution < -0.4 is 15.8 Å². The van der Waals surface area contributed by atoms with E-state index in [2.05, 4.69) is 5.32 Å². The second-order valence-corrected chi connectivity index (χ2v) is 4.43. The number of amides is 2. The molecule has 0 spiro atoms. The molecule has 3 N–H and O–H groups in total. The predicted octanol–water partition coefficient (Wildman–Crippen LogP) is 1.14. The van der Waals surface area contributed by atoms with Gasteiger partial charge in [-0.05, 0) is 32.4 Å². The van der Waals surface area contributed by atoms with E-state index in [0.717, 1.165) is 5.56 Å². The first-order valence-electron chi connectivity index (χ1n) is 6.28. The molecule has 1 atom stereocenters. The Labute approximate surface area is 113 Å². The number of nitrogens with two attached hydrogens (primary N) is 1. The smallest absolute Gasteiger partial charge is 0.260 e. The minimum Gasteiger partial charge on any atom is -0.481 e. The van der Waals surface area contributed by atoms with E-state index < -0.39 is 6.10 Å². The number of aryl methyl sites for hydroxylation is 1. The molecule has 0 aliphatic rings. The molecule has 0 saturated carbocycles. The third-order valence-corrected chi connectivity index (χ3v) is 2.60. The summed E-state index contributed by atoms with van der Waals surface area (Å²) >= 11 is 0. The summed E-state index contributed by atoms with van der Waals surface area (Å²) in [5.74, 6) is 0.0913. The van der Waals surface area contributed by atoms with Gasteiger partial charge < -0.3 is 15.8 Å². The Morgan fingerprint density at radius 2 is 1.95 bits per heavy atom. The van der Waals surface area contributed by atoms with Gasteiger partial charge >= 0.3 is 0 Å². The molecule has 5 heteroatoms. The fraction of sp³-hybridized carbons (Fsp3) is 0.429. The van der Waals surface area contributed by atoms with Crippen LogP contribution in [0.4, 0.5) is 0 Å². The summed E-state index contributed by atoms with van der Waals surface area (Å²) in [6, 6.07) is 7.50. The van der Waals surface area contributed by atoms with E-state index in [-0.39, 0.29) is 18.2 Å². The van der Waals surface area contributed by atoms with Gasteiger partial charge in [0.1, 0.15) is 5.75 Å². The Kier molecular flexibility index (Phi) is 5.85. The van der Waals surface area contributed by atoms with Gasteiger partial charge in [0.05, 0.1) is 0 Å². The first kappa shape index (κ1) is 15.0. The summed E-state index contributed by atoms with van der Waals surface area (Å²) in [7, 11) is 0. The van der Waals surface area contributed by atoms with Crippen molar-refractivity contribution >= 4 is 11.8 Å². The number of hydrogen-bond donors (Lipinski definition) is 2. The number of primary amides is 1. The van der Waals surface area contributed by atoms with Crippen molar-refractivity contribution in [2.45, 2.75) is 32.8 Å². The maximum Gasteiger partial charge on any atom is 0.260 e. The molecule has 1 rings (SSSR count). The molecule has 0 fully saturated rings. The largest absolute Gasteiger partial charge is 0.481 e. The average molecular weight is 264 g/mol. The van der Waals surface area contributed by atoms with E-state index in [4.69, 9.17) is 10.5 Å². The molecule has 0 saturated heterocycles. The quantitative estimate of drug-likeness (QED) is 0.725. The standard InChI is InChI=1S/C14H20N2O3/c1-10-5-7-12(8-6-10)19-11(2)14(18)16-9-3-4-13(15)17/h5-8,11H,3-4,9H2,1-2H3,(H2,15,17)(H,16,18). The van der Waals surface area contributed by atoms with Crippen LogP contribution in [0.3, 0.4) is 0 Å². The molecular formula is C14H20N2O3. The van der Waals surface area contributed by atoms with Crippen molar-refractivity contribution in [3.63, 3.8) is 0 Å². The van der Waals surface area contributed by atoms with Crippen molar-refractivity contribution < 1.29 is 14.3 Å². The Morgan fingerprint density at radius 1 is 1.32 bits per heavy atom. The summed E-state index contributed by atoms with van der Waals surface area (Å²) in [6.45, 7) is 4.09. The number of carbonyl (C=O) groups is 2. The van der Waals surface area contributed by atoms with Crippen LogP contribution in [-0.2, 0) is 9.59 Å². The van der Waals surface area contributed by atoms with Crippen LogP contribution in [-0.4, -0.2) is 24.5 Å². The zero-order valence-electron chi connectivity index (χ0n) is 11.3. The molecule has 0 bridgehead atoms. The molecule has 2 amide bonds. The Morgan fingerprint density at radius 3 is 2.53 bits per heavy atom. The summed E-state index contributed by atoms with van der Waals surface area (Å²) in [5, 5.41) is 2.70. The lowest BCUT2D eigenvalue weighted by atomic mass is 10.2. The summed E-state index contributed by atoms with van der Waals surface area (Å²) in [4.78, 5) is 22.2. The second kappa shape index (κ2) is 7.41. The van der Waals surface area contributed by atoms with Crippen molar-refractivity contribution in [2.24, 2.45) is 5.73 Å². The minimum atomic E-state index is -0.573. The normalized spacial score (nSPS) is 11.7. The molecule has 0 aliphatic carbocycles. The van der Waals surface area contributed by atoms with Crippen molar-refractivity contribution in [1.82, 2.24) is 5.32 Å². The van der Waals surface area contributed by atoms with Crippen LogP contribution in [0.5, 0.6) is 5.75 Å². The molecule has 0 radical (unpaired) electrons. The maximum atomic E-state index is 11.7. The van der Waals surface area contributed by atoms with E-state index in [1.165, 1.54) is 0 Å². The molecule has 0 aliphatic heterocycles. The number of ether oxygens (including phenoxy) is 1. The predicted molar refractivity (Wildman–Crippen MR) is 72.7 cm³/mol. The first-order valence-corrected chi connectivity index (χ1v) is 6.28. The van der Waals surface area contributed by atoms with Crippen LogP contribution in [0.15, 0.2) is 24.3 Å². The summed E-state index contributed by atoms with van der Waals surface area (Å²) < 4.78 is 5.51. The zero-order chi connectivity index (χ0) is 14.3. The van der Waals surface area contributed by atoms with Crippen molar-refractivity contribution in [3.8, 4) is 5.75 Å². The van der Waals surface area contributed by atoms with Crippen LogP contribution in [0.25, 0.3) is 0 Å². The van der Waals surface area contributed by atoms with E-state index in [1.807, 2.05) is 31.2 Å². The maximum absolute atomic E-state index is 11.7. The van der Waals surface area contributed by atoms with Crippen LogP contribution in [0.1, 0.15) is 25.3 Å². The first-order chi connectivity index (χ1) is 8.99. The highest BCUT2D eigenvalue weighted by Gasteiger charge is 2.13. The van der Waals surface area contributed by atoms with Crippen molar-refractivity contribution in [2.75, 3.05) is 6.54 Å². The van der Waals surface area contributed by atoms with E-state index in [9.17, 15) is 9.59 Å². The van der Waals surface area contributed by atoms with Gasteiger partial charge in [0.25, 0.3) is 5.91 Å². The average Bonchev–Trinajstić information content (AvgIpc) is 2.36. The van der Waals surface area contributed by atoms with E-state index in [0.29, 0.717) is 18.7 Å². The topological polar surface area (TPSA) is 81.4 Å². The third-order valence-electron chi connectivity index (χ3n) is 2.60. The van der Waals surface area contributed by atoms with Gasteiger partial charge in [-0.3, -0.25) is 9.59 Å². The lowest BCUT2D eigenvalue weighted by molar-refractivity contribution is -0.127. The van der Waals surface area contributed by atoms with E-state index >= 15 is 0 Å². The third kappa shape index (κ3) is 5.90. The SMILES string of the molecule is Cc1ccc(OC(C)C(=O)NCCCC(N)=O)cc1. The monoisotopic (exact) mass is 264 g/mol. The lowest BCUT2D eigenvalue weighted by Crippen LogP contribution is -2.37. The fourth-order valence-corrected chi connectivity index (χ4v) is 1.49. The van der Waals surface area contributed by atoms with Gasteiger partial charge in [-0.2, -0.15) is 0 Å². The minimum absolute atomic E-state index is 0.204. The highest BCUT2D eigenvalue weighted by Crippen LogP contribution is 2.13. The van der Waals surface area contributed by atoms with Gasteiger partial charge in [-0.15, -0.1) is 0 Å². The summed E-state index contributed by atoms with van der Waals surface area (Å²) in [5.41, 5.74) is 6.14. The van der Waals surface area contributed by atoms with E-state index in [1.54, 1.807) is 6.92 Å². The molecule has 1 aromatic rings. The molecule has 104 valence electrons. The Bertz CT molecular complexity index is 429. The van der Waals surface area contributed by atoms with Gasteiger partial charge in [0.15, 0.2) is 6.10 Å². The molecule has 1 aromatic carbocycles. The van der Waals surface area contributed by atoms with Crippen LogP contribution in [0.2, 0.25) is 0 Å². The van der Waals surface area contributed by atoms with Gasteiger partial charge in [-0.25, -0.2) is 0 Å². The number of rotatable bonds is 7. The molecule has 19 heavy (non-hydrogen) atoms. The van der Waals surface area contributed by atoms with Crippen LogP contribution in [0, 0.1) is 6.92 Å². The van der Waals surface area contributed by atoms with Gasteiger partial charge in [0, 0.05) is 13.0 Å². The van der Waals surface area contributed by atoms with Gasteiger partial charge in [-0.1, -0.05) is 17.7 Å². The number of carbonyl (C=O) groups excluding carboxylic acids is 2. The molecule has 0 aromatic heterocycles. The molecular weight excluding hydrogens is 244 g/mol. The second-order valence-electron chi connectivity index (χ2n) is 4.43. The van der Waals surface area contributed by atoms with Gasteiger partial charge in [0.2, 0.25) is 5.91 Å². The highest BCUT2D eigenvalue weighted by molar-refractivity contribution is 5.80. The lowest BCUT2D eigenvalue weighted by Gasteiger charge is -2.14. The molecule has 0 heterocycles. The Hall–Kier alpha value is -2.04. The highest BCUT2D eigenvalue weighted by atomic mass is 16.5. The molecule has 5 nitrogen and oxygen atoms in total. The molecule has 1 unspecified atom stereocenters. The Balaban J connectivity index is 2.32. The number of nitrogens with one attached hydrogen (secondary N) is 1.